The number of carbonyl (C=O) groups is 1. The molecule has 0 unspecified atom stereocenters. The normalized spacial score (nSPS) is 10.1. The molecule has 0 saturated heterocycles. The first-order valence-electron chi connectivity index (χ1n) is 5.36. The first kappa shape index (κ1) is 12.1. The number of carbonyl (C=O) groups excluding carboxylic acids is 1. The van der Waals surface area contributed by atoms with E-state index in [-0.39, 0.29) is 5.91 Å². The summed E-state index contributed by atoms with van der Waals surface area (Å²) in [5.41, 5.74) is 4.38. The average molecular weight is 246 g/mol. The molecule has 0 atom stereocenters. The Morgan fingerprint density at radius 1 is 1.56 bits per heavy atom. The van der Waals surface area contributed by atoms with Crippen LogP contribution in [0, 0.1) is 0 Å². The number of aromatic nitrogens is 3. The Hall–Kier alpha value is -2.41. The van der Waals surface area contributed by atoms with Gasteiger partial charge >= 0.3 is 0 Å². The second kappa shape index (κ2) is 5.28. The van der Waals surface area contributed by atoms with Crippen LogP contribution in [-0.2, 0) is 6.54 Å². The monoisotopic (exact) mass is 246 g/mol. The number of pyridine rings is 1. The van der Waals surface area contributed by atoms with Gasteiger partial charge in [0.2, 0.25) is 0 Å². The maximum atomic E-state index is 12.2. The summed E-state index contributed by atoms with van der Waals surface area (Å²) in [6.45, 7) is 0.474. The molecule has 0 aliphatic rings. The van der Waals surface area contributed by atoms with E-state index in [0.717, 1.165) is 5.56 Å². The lowest BCUT2D eigenvalue weighted by molar-refractivity contribution is 0.0786. The van der Waals surface area contributed by atoms with Crippen LogP contribution in [0.4, 0.5) is 5.69 Å². The minimum Gasteiger partial charge on any atom is -0.337 e. The van der Waals surface area contributed by atoms with Crippen LogP contribution in [0.5, 0.6) is 0 Å². The number of nitrogens with two attached hydrogens (primary N) is 1. The van der Waals surface area contributed by atoms with Crippen molar-refractivity contribution in [2.75, 3.05) is 12.5 Å². The first-order chi connectivity index (χ1) is 8.72. The van der Waals surface area contributed by atoms with E-state index >= 15 is 0 Å². The van der Waals surface area contributed by atoms with Gasteiger partial charge in [0.1, 0.15) is 0 Å². The third-order valence-corrected chi connectivity index (χ3v) is 2.53. The van der Waals surface area contributed by atoms with Crippen molar-refractivity contribution in [3.05, 3.63) is 42.0 Å². The van der Waals surface area contributed by atoms with Crippen LogP contribution in [0.1, 0.15) is 15.9 Å². The molecule has 2 heterocycles. The third kappa shape index (κ3) is 2.46. The van der Waals surface area contributed by atoms with Gasteiger partial charge in [0.15, 0.2) is 0 Å². The lowest BCUT2D eigenvalue weighted by atomic mass is 10.2. The van der Waals surface area contributed by atoms with Crippen molar-refractivity contribution in [3.63, 3.8) is 0 Å². The first-order valence-corrected chi connectivity index (χ1v) is 5.36. The van der Waals surface area contributed by atoms with Crippen molar-refractivity contribution in [2.45, 2.75) is 6.54 Å². The van der Waals surface area contributed by atoms with Crippen LogP contribution in [0.3, 0.4) is 0 Å². The molecule has 2 aromatic heterocycles. The van der Waals surface area contributed by atoms with Crippen molar-refractivity contribution in [2.24, 2.45) is 5.84 Å². The number of H-pyrrole nitrogens is 1. The van der Waals surface area contributed by atoms with Gasteiger partial charge in [0.05, 0.1) is 23.6 Å². The van der Waals surface area contributed by atoms with Gasteiger partial charge < -0.3 is 10.3 Å². The van der Waals surface area contributed by atoms with E-state index in [1.54, 1.807) is 36.6 Å². The van der Waals surface area contributed by atoms with Crippen molar-refractivity contribution >= 4 is 11.6 Å². The molecule has 0 aliphatic carbocycles. The van der Waals surface area contributed by atoms with Gasteiger partial charge in [-0.3, -0.25) is 20.7 Å². The molecule has 0 aromatic carbocycles. The molecule has 1 amide bonds. The summed E-state index contributed by atoms with van der Waals surface area (Å²) in [5.74, 6) is 5.22. The Balaban J connectivity index is 2.15. The number of hydrogen-bond acceptors (Lipinski definition) is 5. The number of nitrogen functional groups attached to an aromatic ring is 1. The van der Waals surface area contributed by atoms with Gasteiger partial charge in [-0.2, -0.15) is 5.10 Å². The van der Waals surface area contributed by atoms with E-state index in [0.29, 0.717) is 17.8 Å². The van der Waals surface area contributed by atoms with Gasteiger partial charge in [0.25, 0.3) is 5.91 Å². The number of aromatic amines is 1. The van der Waals surface area contributed by atoms with Crippen LogP contribution in [0.2, 0.25) is 0 Å². The molecular formula is C11H14N6O. The summed E-state index contributed by atoms with van der Waals surface area (Å²) in [6, 6.07) is 1.63. The fraction of sp³-hybridized carbons (Fsp3) is 0.182. The molecule has 2 aromatic rings. The molecule has 18 heavy (non-hydrogen) atoms. The van der Waals surface area contributed by atoms with Gasteiger partial charge in [-0.1, -0.05) is 0 Å². The summed E-state index contributed by atoms with van der Waals surface area (Å²) in [4.78, 5) is 17.7. The molecule has 0 fully saturated rings. The highest BCUT2D eigenvalue weighted by Crippen LogP contribution is 2.15. The lowest BCUT2D eigenvalue weighted by Gasteiger charge is -2.17. The summed E-state index contributed by atoms with van der Waals surface area (Å²) >= 11 is 0. The molecule has 7 nitrogen and oxygen atoms in total. The number of anilines is 1. The molecule has 7 heteroatoms. The molecule has 0 spiro atoms. The van der Waals surface area contributed by atoms with Gasteiger partial charge in [-0.05, 0) is 6.07 Å². The standard InChI is InChI=1S/C11H14N6O/c1-17(7-8-4-14-15-5-8)11(18)9-2-3-13-6-10(9)16-12/h2-6,16H,7,12H2,1H3,(H,14,15). The van der Waals surface area contributed by atoms with Crippen molar-refractivity contribution in [3.8, 4) is 0 Å². The van der Waals surface area contributed by atoms with Crippen LogP contribution in [-0.4, -0.2) is 33.0 Å². The molecule has 94 valence electrons. The van der Waals surface area contributed by atoms with Crippen LogP contribution in [0.25, 0.3) is 0 Å². The molecule has 4 N–H and O–H groups in total. The van der Waals surface area contributed by atoms with E-state index < -0.39 is 0 Å². The quantitative estimate of drug-likeness (QED) is 0.534. The number of hydrazine groups is 1. The van der Waals surface area contributed by atoms with E-state index in [4.69, 9.17) is 5.84 Å². The van der Waals surface area contributed by atoms with Crippen molar-refractivity contribution < 1.29 is 4.79 Å². The van der Waals surface area contributed by atoms with Crippen LogP contribution >= 0.6 is 0 Å². The predicted molar refractivity (Wildman–Crippen MR) is 66.4 cm³/mol. The highest BCUT2D eigenvalue weighted by molar-refractivity contribution is 5.99. The minimum absolute atomic E-state index is 0.133. The van der Waals surface area contributed by atoms with Crippen molar-refractivity contribution in [1.29, 1.82) is 0 Å². The topological polar surface area (TPSA) is 99.9 Å². The zero-order valence-corrected chi connectivity index (χ0v) is 9.92. The van der Waals surface area contributed by atoms with Crippen molar-refractivity contribution in [1.82, 2.24) is 20.1 Å². The molecule has 0 saturated carbocycles. The highest BCUT2D eigenvalue weighted by Gasteiger charge is 2.15. The number of amides is 1. The molecular weight excluding hydrogens is 232 g/mol. The second-order valence-electron chi connectivity index (χ2n) is 3.83. The van der Waals surface area contributed by atoms with E-state index in [2.05, 4.69) is 20.6 Å². The Labute approximate surface area is 104 Å². The zero-order chi connectivity index (χ0) is 13.0. The van der Waals surface area contributed by atoms with Gasteiger partial charge in [-0.25, -0.2) is 0 Å². The lowest BCUT2D eigenvalue weighted by Crippen LogP contribution is -2.27. The largest absolute Gasteiger partial charge is 0.337 e. The predicted octanol–water partition coefficient (Wildman–Crippen LogP) is 0.363. The number of nitrogens with one attached hydrogen (secondary N) is 2. The Bertz CT molecular complexity index is 524. The van der Waals surface area contributed by atoms with E-state index in [9.17, 15) is 4.79 Å². The zero-order valence-electron chi connectivity index (χ0n) is 9.92. The van der Waals surface area contributed by atoms with Gasteiger partial charge in [-0.15, -0.1) is 0 Å². The Kier molecular flexibility index (Phi) is 3.54. The third-order valence-electron chi connectivity index (χ3n) is 2.53. The van der Waals surface area contributed by atoms with Gasteiger partial charge in [0, 0.05) is 31.5 Å². The minimum atomic E-state index is -0.133. The van der Waals surface area contributed by atoms with E-state index in [1.165, 1.54) is 6.20 Å². The second-order valence-corrected chi connectivity index (χ2v) is 3.83. The number of hydrogen-bond donors (Lipinski definition) is 3. The number of nitrogens with zero attached hydrogens (tertiary/aromatic N) is 3. The molecule has 0 aliphatic heterocycles. The maximum absolute atomic E-state index is 12.2. The molecule has 2 rings (SSSR count). The smallest absolute Gasteiger partial charge is 0.256 e. The molecule has 0 bridgehead atoms. The Morgan fingerprint density at radius 3 is 3.06 bits per heavy atom. The van der Waals surface area contributed by atoms with Crippen LogP contribution < -0.4 is 11.3 Å². The van der Waals surface area contributed by atoms with Crippen LogP contribution in [0.15, 0.2) is 30.9 Å². The van der Waals surface area contributed by atoms with E-state index in [1.807, 2.05) is 0 Å². The highest BCUT2D eigenvalue weighted by atomic mass is 16.2. The summed E-state index contributed by atoms with van der Waals surface area (Å²) < 4.78 is 0. The SMILES string of the molecule is CN(Cc1cn[nH]c1)C(=O)c1ccncc1NN. The summed E-state index contributed by atoms with van der Waals surface area (Å²) in [7, 11) is 1.72. The fourth-order valence-electron chi connectivity index (χ4n) is 1.61. The fourth-order valence-corrected chi connectivity index (χ4v) is 1.61. The molecule has 0 radical (unpaired) electrons. The number of rotatable bonds is 4. The maximum Gasteiger partial charge on any atom is 0.256 e. The average Bonchev–Trinajstić information content (AvgIpc) is 2.90. The summed E-state index contributed by atoms with van der Waals surface area (Å²) in [6.07, 6.45) is 6.50. The summed E-state index contributed by atoms with van der Waals surface area (Å²) in [5, 5.41) is 6.54. The Morgan fingerprint density at radius 2 is 2.39 bits per heavy atom.